The topological polar surface area (TPSA) is 95.1 Å². The Morgan fingerprint density at radius 3 is 2.33 bits per heavy atom. The van der Waals surface area contributed by atoms with E-state index < -0.39 is 17.7 Å². The number of methoxy groups -OCH3 is 1. The Hall–Kier alpha value is -2.16. The van der Waals surface area contributed by atoms with Crippen LogP contribution in [0.2, 0.25) is 0 Å². The number of carbonyl (C=O) groups is 2. The van der Waals surface area contributed by atoms with Gasteiger partial charge in [-0.15, -0.1) is 0 Å². The lowest BCUT2D eigenvalue weighted by molar-refractivity contribution is -0.116. The van der Waals surface area contributed by atoms with Gasteiger partial charge in [-0.05, 0) is 52.2 Å². The zero-order valence-corrected chi connectivity index (χ0v) is 19.0. The Kier molecular flexibility index (Phi) is 11.4. The van der Waals surface area contributed by atoms with Gasteiger partial charge in [0.25, 0.3) is 0 Å². The highest BCUT2D eigenvalue weighted by Crippen LogP contribution is 2.19. The molecular weight excluding hydrogens is 388 g/mol. The van der Waals surface area contributed by atoms with E-state index in [2.05, 4.69) is 10.6 Å². The molecule has 0 heterocycles. The minimum atomic E-state index is -0.613. The van der Waals surface area contributed by atoms with Gasteiger partial charge in [0.15, 0.2) is 0 Å². The number of amides is 2. The summed E-state index contributed by atoms with van der Waals surface area (Å²) >= 11 is 0. The predicted octanol–water partition coefficient (Wildman–Crippen LogP) is 3.55. The second-order valence-corrected chi connectivity index (χ2v) is 8.09. The number of anilines is 1. The van der Waals surface area contributed by atoms with Crippen molar-refractivity contribution in [3.63, 3.8) is 0 Å². The van der Waals surface area contributed by atoms with Crippen LogP contribution in [0, 0.1) is 13.8 Å². The van der Waals surface area contributed by atoms with Crippen LogP contribution < -0.4 is 10.6 Å². The fourth-order valence-electron chi connectivity index (χ4n) is 2.64. The molecule has 0 unspecified atom stereocenters. The van der Waals surface area contributed by atoms with Crippen molar-refractivity contribution in [2.24, 2.45) is 0 Å². The van der Waals surface area contributed by atoms with Crippen LogP contribution in [0.25, 0.3) is 0 Å². The molecule has 170 valence electrons. The molecule has 1 atom stereocenters. The van der Waals surface area contributed by atoms with Gasteiger partial charge in [-0.2, -0.15) is 0 Å². The maximum Gasteiger partial charge on any atom is 0.407 e. The number of rotatable bonds is 12. The number of ether oxygens (including phenoxy) is 4. The summed E-state index contributed by atoms with van der Waals surface area (Å²) in [6.45, 7) is 10.4. The van der Waals surface area contributed by atoms with Crippen LogP contribution in [0.4, 0.5) is 10.5 Å². The van der Waals surface area contributed by atoms with E-state index in [1.54, 1.807) is 27.9 Å². The number of benzene rings is 1. The van der Waals surface area contributed by atoms with Crippen LogP contribution in [0.3, 0.4) is 0 Å². The standard InChI is InChI=1S/C22H36N2O6/c1-16-8-7-9-17(2)20(16)24-19(25)11-10-18(14-29-15-28-13-12-27-6)23-21(26)30-22(3,4)5/h7-9,18H,10-15H2,1-6H3,(H,23,26)(H,24,25)/t18-/m0/s1. The summed E-state index contributed by atoms with van der Waals surface area (Å²) in [5.41, 5.74) is 2.21. The third kappa shape index (κ3) is 11.1. The molecule has 0 fully saturated rings. The van der Waals surface area contributed by atoms with Gasteiger partial charge >= 0.3 is 6.09 Å². The van der Waals surface area contributed by atoms with E-state index in [1.807, 2.05) is 32.0 Å². The van der Waals surface area contributed by atoms with Gasteiger partial charge in [0.1, 0.15) is 12.4 Å². The number of alkyl carbamates (subject to hydrolysis) is 1. The molecule has 0 aliphatic rings. The summed E-state index contributed by atoms with van der Waals surface area (Å²) in [7, 11) is 1.59. The van der Waals surface area contributed by atoms with Crippen molar-refractivity contribution in [1.82, 2.24) is 5.32 Å². The van der Waals surface area contributed by atoms with Crippen LogP contribution in [-0.2, 0) is 23.7 Å². The minimum Gasteiger partial charge on any atom is -0.444 e. The molecular formula is C22H36N2O6. The molecule has 1 rings (SSSR count). The monoisotopic (exact) mass is 424 g/mol. The molecule has 8 nitrogen and oxygen atoms in total. The second kappa shape index (κ2) is 13.2. The van der Waals surface area contributed by atoms with Crippen LogP contribution in [0.15, 0.2) is 18.2 Å². The quantitative estimate of drug-likeness (QED) is 0.394. The van der Waals surface area contributed by atoms with Crippen molar-refractivity contribution in [3.8, 4) is 0 Å². The number of hydrogen-bond acceptors (Lipinski definition) is 6. The largest absolute Gasteiger partial charge is 0.444 e. The van der Waals surface area contributed by atoms with Gasteiger partial charge in [0.2, 0.25) is 5.91 Å². The molecule has 2 N–H and O–H groups in total. The maximum absolute atomic E-state index is 12.4. The molecule has 0 saturated heterocycles. The molecule has 0 bridgehead atoms. The summed E-state index contributed by atoms with van der Waals surface area (Å²) in [5, 5.41) is 5.72. The molecule has 0 radical (unpaired) electrons. The highest BCUT2D eigenvalue weighted by atomic mass is 16.7. The zero-order chi connectivity index (χ0) is 22.6. The second-order valence-electron chi connectivity index (χ2n) is 8.09. The first kappa shape index (κ1) is 25.9. The van der Waals surface area contributed by atoms with E-state index in [4.69, 9.17) is 18.9 Å². The number of para-hydroxylation sites is 1. The summed E-state index contributed by atoms with van der Waals surface area (Å²) in [5.74, 6) is -0.125. The van der Waals surface area contributed by atoms with Gasteiger partial charge in [-0.1, -0.05) is 18.2 Å². The first-order chi connectivity index (χ1) is 14.1. The minimum absolute atomic E-state index is 0.0739. The van der Waals surface area contributed by atoms with E-state index >= 15 is 0 Å². The van der Waals surface area contributed by atoms with Gasteiger partial charge in [0.05, 0.1) is 25.9 Å². The van der Waals surface area contributed by atoms with E-state index in [-0.39, 0.29) is 25.7 Å². The average molecular weight is 425 g/mol. The summed E-state index contributed by atoms with van der Waals surface area (Å²) in [4.78, 5) is 24.6. The molecule has 0 spiro atoms. The highest BCUT2D eigenvalue weighted by Gasteiger charge is 2.20. The molecule has 0 aliphatic carbocycles. The van der Waals surface area contributed by atoms with E-state index in [9.17, 15) is 9.59 Å². The molecule has 0 aromatic heterocycles. The molecule has 2 amide bonds. The summed E-state index contributed by atoms with van der Waals surface area (Å²) in [6.07, 6.45) is 0.0718. The van der Waals surface area contributed by atoms with Gasteiger partial charge in [-0.25, -0.2) is 4.79 Å². The fraction of sp³-hybridized carbons (Fsp3) is 0.636. The lowest BCUT2D eigenvalue weighted by atomic mass is 10.1. The predicted molar refractivity (Wildman–Crippen MR) is 116 cm³/mol. The Balaban J connectivity index is 2.57. The summed E-state index contributed by atoms with van der Waals surface area (Å²) < 4.78 is 21.0. The number of hydrogen-bond donors (Lipinski definition) is 2. The van der Waals surface area contributed by atoms with Gasteiger partial charge < -0.3 is 29.6 Å². The van der Waals surface area contributed by atoms with Crippen LogP contribution in [-0.4, -0.2) is 57.4 Å². The SMILES string of the molecule is COCCOCOC[C@H](CCC(=O)Nc1c(C)cccc1C)NC(=O)OC(C)(C)C. The fourth-order valence-corrected chi connectivity index (χ4v) is 2.64. The first-order valence-electron chi connectivity index (χ1n) is 10.1. The molecule has 30 heavy (non-hydrogen) atoms. The molecule has 0 saturated carbocycles. The maximum atomic E-state index is 12.4. The van der Waals surface area contributed by atoms with Gasteiger partial charge in [-0.3, -0.25) is 4.79 Å². The molecule has 0 aliphatic heterocycles. The van der Waals surface area contributed by atoms with E-state index in [0.717, 1.165) is 16.8 Å². The van der Waals surface area contributed by atoms with Crippen molar-refractivity contribution in [2.45, 2.75) is 59.1 Å². The lowest BCUT2D eigenvalue weighted by Gasteiger charge is -2.23. The Bertz CT molecular complexity index is 652. The number of aryl methyl sites for hydroxylation is 2. The van der Waals surface area contributed by atoms with Crippen molar-refractivity contribution in [3.05, 3.63) is 29.3 Å². The van der Waals surface area contributed by atoms with Crippen LogP contribution in [0.1, 0.15) is 44.7 Å². The van der Waals surface area contributed by atoms with Gasteiger partial charge in [0, 0.05) is 19.2 Å². The first-order valence-corrected chi connectivity index (χ1v) is 10.1. The van der Waals surface area contributed by atoms with Crippen LogP contribution in [0.5, 0.6) is 0 Å². The normalized spacial score (nSPS) is 12.3. The third-order valence-electron chi connectivity index (χ3n) is 4.10. The number of nitrogens with one attached hydrogen (secondary N) is 2. The summed E-state index contributed by atoms with van der Waals surface area (Å²) in [6, 6.07) is 5.46. The van der Waals surface area contributed by atoms with Crippen molar-refractivity contribution in [1.29, 1.82) is 0 Å². The van der Waals surface area contributed by atoms with Crippen molar-refractivity contribution in [2.75, 3.05) is 39.0 Å². The van der Waals surface area contributed by atoms with E-state index in [1.165, 1.54) is 0 Å². The number of carbonyl (C=O) groups excluding carboxylic acids is 2. The highest BCUT2D eigenvalue weighted by molar-refractivity contribution is 5.92. The Morgan fingerprint density at radius 2 is 1.73 bits per heavy atom. The lowest BCUT2D eigenvalue weighted by Crippen LogP contribution is -2.42. The van der Waals surface area contributed by atoms with Crippen molar-refractivity contribution >= 4 is 17.7 Å². The average Bonchev–Trinajstić information content (AvgIpc) is 2.64. The molecule has 1 aromatic rings. The molecule has 8 heteroatoms. The molecule has 1 aromatic carbocycles. The van der Waals surface area contributed by atoms with Crippen LogP contribution >= 0.6 is 0 Å². The van der Waals surface area contributed by atoms with Crippen molar-refractivity contribution < 1.29 is 28.5 Å². The Labute approximate surface area is 179 Å². The zero-order valence-electron chi connectivity index (χ0n) is 19.0. The smallest absolute Gasteiger partial charge is 0.407 e. The third-order valence-corrected chi connectivity index (χ3v) is 4.10. The Morgan fingerprint density at radius 1 is 1.07 bits per heavy atom. The van der Waals surface area contributed by atoms with E-state index in [0.29, 0.717) is 19.6 Å².